The van der Waals surface area contributed by atoms with Gasteiger partial charge in [0.2, 0.25) is 5.69 Å². The molecule has 0 N–H and O–H groups in total. The molecule has 0 unspecified atom stereocenters. The van der Waals surface area contributed by atoms with E-state index >= 15 is 0 Å². The number of hydrogen-bond donors (Lipinski definition) is 0. The summed E-state index contributed by atoms with van der Waals surface area (Å²) in [4.78, 5) is 0. The highest BCUT2D eigenvalue weighted by Crippen LogP contribution is 2.23. The fourth-order valence-electron chi connectivity index (χ4n) is 2.18. The van der Waals surface area contributed by atoms with Crippen molar-refractivity contribution in [1.29, 1.82) is 0 Å². The molecule has 1 aromatic carbocycles. The topological polar surface area (TPSA) is 3.88 Å². The normalized spacial score (nSPS) is 10.6. The van der Waals surface area contributed by atoms with Crippen LogP contribution in [0.1, 0.15) is 22.3 Å². The first kappa shape index (κ1) is 11.8. The Hall–Kier alpha value is -1.63. The van der Waals surface area contributed by atoms with Crippen LogP contribution in [0.4, 0.5) is 0 Å². The molecule has 0 aliphatic heterocycles. The standard InChI is InChI=1S/C16H20N/c1-11-7-6-8-15(14(11)4)16-9-12(2)13(3)10-17(16)5/h6-10H,1-5H3/q+1. The van der Waals surface area contributed by atoms with Crippen LogP contribution in [0.3, 0.4) is 0 Å². The Kier molecular flexibility index (Phi) is 3.01. The summed E-state index contributed by atoms with van der Waals surface area (Å²) in [7, 11) is 2.11. The molecular weight excluding hydrogens is 206 g/mol. The molecule has 0 aliphatic rings. The maximum atomic E-state index is 2.27. The second-order valence-electron chi connectivity index (χ2n) is 4.88. The molecule has 0 bridgehead atoms. The van der Waals surface area contributed by atoms with Crippen LogP contribution in [-0.2, 0) is 7.05 Å². The van der Waals surface area contributed by atoms with E-state index in [4.69, 9.17) is 0 Å². The minimum atomic E-state index is 1.29. The monoisotopic (exact) mass is 226 g/mol. The molecular formula is C16H20N+. The molecule has 0 saturated carbocycles. The summed E-state index contributed by atoms with van der Waals surface area (Å²) in [6.07, 6.45) is 2.20. The van der Waals surface area contributed by atoms with Crippen LogP contribution in [0, 0.1) is 27.7 Å². The van der Waals surface area contributed by atoms with Crippen LogP contribution in [0.25, 0.3) is 11.3 Å². The first-order valence-corrected chi connectivity index (χ1v) is 6.04. The van der Waals surface area contributed by atoms with Crippen LogP contribution in [0.2, 0.25) is 0 Å². The lowest BCUT2D eigenvalue weighted by Crippen LogP contribution is -2.31. The number of aryl methyl sites for hydroxylation is 4. The van der Waals surface area contributed by atoms with Gasteiger partial charge in [-0.3, -0.25) is 0 Å². The Balaban J connectivity index is 2.69. The molecule has 0 radical (unpaired) electrons. The van der Waals surface area contributed by atoms with E-state index in [9.17, 15) is 0 Å². The number of benzene rings is 1. The molecule has 1 aromatic heterocycles. The van der Waals surface area contributed by atoms with E-state index in [1.165, 1.54) is 33.5 Å². The van der Waals surface area contributed by atoms with E-state index in [2.05, 4.69) is 69.8 Å². The molecule has 2 aromatic rings. The second-order valence-corrected chi connectivity index (χ2v) is 4.88. The Labute approximate surface area is 104 Å². The highest BCUT2D eigenvalue weighted by atomic mass is 14.9. The third-order valence-electron chi connectivity index (χ3n) is 3.62. The smallest absolute Gasteiger partial charge is 0.201 e. The summed E-state index contributed by atoms with van der Waals surface area (Å²) >= 11 is 0. The van der Waals surface area contributed by atoms with E-state index in [1.54, 1.807) is 0 Å². The van der Waals surface area contributed by atoms with Gasteiger partial charge in [-0.25, -0.2) is 4.57 Å². The average Bonchev–Trinajstić information content (AvgIpc) is 2.28. The molecule has 0 spiro atoms. The highest BCUT2D eigenvalue weighted by molar-refractivity contribution is 5.63. The van der Waals surface area contributed by atoms with Crippen molar-refractivity contribution >= 4 is 0 Å². The summed E-state index contributed by atoms with van der Waals surface area (Å²) in [6.45, 7) is 8.69. The van der Waals surface area contributed by atoms with E-state index in [-0.39, 0.29) is 0 Å². The summed E-state index contributed by atoms with van der Waals surface area (Å²) in [5.41, 5.74) is 8.01. The fraction of sp³-hybridized carbons (Fsp3) is 0.312. The molecule has 0 saturated heterocycles. The lowest BCUT2D eigenvalue weighted by molar-refractivity contribution is -0.660. The molecule has 0 aliphatic carbocycles. The summed E-state index contributed by atoms with van der Waals surface area (Å²) < 4.78 is 2.21. The van der Waals surface area contributed by atoms with Crippen molar-refractivity contribution in [3.8, 4) is 11.3 Å². The van der Waals surface area contributed by atoms with Crippen molar-refractivity contribution in [2.75, 3.05) is 0 Å². The fourth-order valence-corrected chi connectivity index (χ4v) is 2.18. The van der Waals surface area contributed by atoms with Crippen molar-refractivity contribution < 1.29 is 4.57 Å². The summed E-state index contributed by atoms with van der Waals surface area (Å²) in [6, 6.07) is 8.77. The molecule has 1 heterocycles. The van der Waals surface area contributed by atoms with Gasteiger partial charge in [-0.05, 0) is 50.5 Å². The molecule has 0 amide bonds. The maximum absolute atomic E-state index is 2.27. The van der Waals surface area contributed by atoms with Crippen LogP contribution >= 0.6 is 0 Å². The minimum absolute atomic E-state index is 1.29. The zero-order chi connectivity index (χ0) is 12.6. The van der Waals surface area contributed by atoms with Gasteiger partial charge in [0.05, 0.1) is 0 Å². The molecule has 2 rings (SSSR count). The van der Waals surface area contributed by atoms with Gasteiger partial charge in [-0.2, -0.15) is 0 Å². The van der Waals surface area contributed by atoms with Crippen molar-refractivity contribution in [1.82, 2.24) is 0 Å². The third-order valence-corrected chi connectivity index (χ3v) is 3.62. The van der Waals surface area contributed by atoms with Gasteiger partial charge < -0.3 is 0 Å². The van der Waals surface area contributed by atoms with Gasteiger partial charge >= 0.3 is 0 Å². The predicted octanol–water partition coefficient (Wildman–Crippen LogP) is 3.41. The van der Waals surface area contributed by atoms with Crippen molar-refractivity contribution in [2.45, 2.75) is 27.7 Å². The number of hydrogen-bond acceptors (Lipinski definition) is 0. The highest BCUT2D eigenvalue weighted by Gasteiger charge is 2.14. The third kappa shape index (κ3) is 2.10. The molecule has 1 nitrogen and oxygen atoms in total. The van der Waals surface area contributed by atoms with Gasteiger partial charge in [0.25, 0.3) is 0 Å². The Morgan fingerprint density at radius 1 is 0.882 bits per heavy atom. The van der Waals surface area contributed by atoms with Crippen molar-refractivity contribution in [3.05, 3.63) is 52.7 Å². The van der Waals surface area contributed by atoms with Crippen LogP contribution < -0.4 is 4.57 Å². The second kappa shape index (κ2) is 4.33. The molecule has 88 valence electrons. The summed E-state index contributed by atoms with van der Waals surface area (Å²) in [5, 5.41) is 0. The predicted molar refractivity (Wildman–Crippen MR) is 72.0 cm³/mol. The first-order chi connectivity index (χ1) is 8.00. The minimum Gasteiger partial charge on any atom is -0.201 e. The van der Waals surface area contributed by atoms with E-state index in [1.807, 2.05) is 0 Å². The van der Waals surface area contributed by atoms with Gasteiger partial charge in [0.15, 0.2) is 6.20 Å². The van der Waals surface area contributed by atoms with Crippen LogP contribution in [-0.4, -0.2) is 0 Å². The lowest BCUT2D eigenvalue weighted by atomic mass is 9.99. The zero-order valence-electron chi connectivity index (χ0n) is 11.3. The van der Waals surface area contributed by atoms with E-state index in [0.717, 1.165) is 0 Å². The van der Waals surface area contributed by atoms with E-state index in [0.29, 0.717) is 0 Å². The van der Waals surface area contributed by atoms with Crippen LogP contribution in [0.5, 0.6) is 0 Å². The van der Waals surface area contributed by atoms with E-state index < -0.39 is 0 Å². The van der Waals surface area contributed by atoms with Crippen LogP contribution in [0.15, 0.2) is 30.5 Å². The average molecular weight is 226 g/mol. The quantitative estimate of drug-likeness (QED) is 0.656. The Morgan fingerprint density at radius 2 is 1.59 bits per heavy atom. The SMILES string of the molecule is Cc1cc(-c2cccc(C)c2C)[n+](C)cc1C. The molecule has 0 fully saturated rings. The largest absolute Gasteiger partial charge is 0.212 e. The molecule has 0 atom stereocenters. The molecule has 1 heteroatoms. The van der Waals surface area contributed by atoms with Gasteiger partial charge in [0.1, 0.15) is 7.05 Å². The number of rotatable bonds is 1. The molecule has 17 heavy (non-hydrogen) atoms. The number of nitrogens with zero attached hydrogens (tertiary/aromatic N) is 1. The Bertz CT molecular complexity index is 568. The number of aromatic nitrogens is 1. The zero-order valence-corrected chi connectivity index (χ0v) is 11.3. The van der Waals surface area contributed by atoms with Crippen molar-refractivity contribution in [2.24, 2.45) is 7.05 Å². The van der Waals surface area contributed by atoms with Gasteiger partial charge in [-0.1, -0.05) is 12.1 Å². The first-order valence-electron chi connectivity index (χ1n) is 6.04. The number of pyridine rings is 1. The summed E-state index contributed by atoms with van der Waals surface area (Å²) in [5.74, 6) is 0. The van der Waals surface area contributed by atoms with Gasteiger partial charge in [0, 0.05) is 17.2 Å². The maximum Gasteiger partial charge on any atom is 0.212 e. The van der Waals surface area contributed by atoms with Gasteiger partial charge in [-0.15, -0.1) is 0 Å². The Morgan fingerprint density at radius 3 is 2.29 bits per heavy atom. The lowest BCUT2D eigenvalue weighted by Gasteiger charge is -2.08. The van der Waals surface area contributed by atoms with Crippen molar-refractivity contribution in [3.63, 3.8) is 0 Å².